The number of nitrogens with one attached hydrogen (secondary N) is 4. The van der Waals surface area contributed by atoms with E-state index in [9.17, 15) is 33.9 Å². The Morgan fingerprint density at radius 2 is 1.15 bits per heavy atom. The molecule has 27 heteroatoms. The van der Waals surface area contributed by atoms with E-state index >= 15 is 0 Å². The number of carboxylic acids is 1. The van der Waals surface area contributed by atoms with Gasteiger partial charge in [-0.25, -0.2) is 9.78 Å². The largest absolute Gasteiger partial charge is 2.00 e. The maximum Gasteiger partial charge on any atom is 2.00 e. The fourth-order valence-electron chi connectivity index (χ4n) is 12.4. The molecule has 1 saturated heterocycles. The molecule has 24 nitrogen and oxygen atoms in total. The van der Waals surface area contributed by atoms with Gasteiger partial charge >= 0.3 is 25.4 Å². The van der Waals surface area contributed by atoms with Crippen LogP contribution in [0.2, 0.25) is 0 Å². The van der Waals surface area contributed by atoms with Crippen LogP contribution in [0.3, 0.4) is 0 Å². The summed E-state index contributed by atoms with van der Waals surface area (Å²) in [5.41, 5.74) is 15.7. The van der Waals surface area contributed by atoms with Crippen LogP contribution in [0.1, 0.15) is 48.2 Å². The summed E-state index contributed by atoms with van der Waals surface area (Å²) in [6.45, 7) is 8.74. The number of anilines is 2. The number of nitrogens with zero attached hydrogens (tertiary/aromatic N) is 13. The Morgan fingerprint density at radius 1 is 0.589 bits per heavy atom. The number of amides is 5. The van der Waals surface area contributed by atoms with Crippen molar-refractivity contribution in [2.75, 3.05) is 67.6 Å². The van der Waals surface area contributed by atoms with Crippen LogP contribution >= 0.6 is 23.5 Å². The molecule has 0 bridgehead atoms. The number of β-lactam (4-membered cyclic amide) rings is 1. The number of carboxylic acid groups (broad SMARTS) is 1. The van der Waals surface area contributed by atoms with Gasteiger partial charge in [0.2, 0.25) is 34.4 Å². The van der Waals surface area contributed by atoms with E-state index in [1.54, 1.807) is 49.3 Å². The number of pyridine rings is 6. The topological polar surface area (TPSA) is 299 Å². The fourth-order valence-corrected chi connectivity index (χ4v) is 14.7. The molecule has 2 aliphatic heterocycles. The van der Waals surface area contributed by atoms with E-state index in [0.29, 0.717) is 58.4 Å². The molecule has 0 radical (unpaired) electrons. The zero-order chi connectivity index (χ0) is 77.4. The van der Waals surface area contributed by atoms with Crippen molar-refractivity contribution >= 4 is 104 Å². The van der Waals surface area contributed by atoms with Crippen molar-refractivity contribution < 1.29 is 57.9 Å². The minimum Gasteiger partial charge on any atom is -0.477 e. The summed E-state index contributed by atoms with van der Waals surface area (Å²) in [5, 5.41) is 29.8. The summed E-state index contributed by atoms with van der Waals surface area (Å²) in [4.78, 5) is 114. The second-order valence-electron chi connectivity index (χ2n) is 25.8. The minimum absolute atomic E-state index is 0. The van der Waals surface area contributed by atoms with Crippen molar-refractivity contribution in [3.05, 3.63) is 277 Å². The number of benzene rings is 5. The number of thioether (sulfide) groups is 2. The molecule has 2 aliphatic rings. The molecule has 566 valence electrons. The number of azo groups is 1. The summed E-state index contributed by atoms with van der Waals surface area (Å²) in [7, 11) is 1.93. The average molecular weight is 1620 g/mol. The Labute approximate surface area is 670 Å². The summed E-state index contributed by atoms with van der Waals surface area (Å²) < 4.78 is 2.23. The quantitative estimate of drug-likeness (QED) is 0.00608. The smallest absolute Gasteiger partial charge is 0.477 e. The average Bonchev–Trinajstić information content (AvgIpc) is 0.738. The Kier molecular flexibility index (Phi) is 28.7. The molecule has 7 aromatic heterocycles. The van der Waals surface area contributed by atoms with Gasteiger partial charge in [0.15, 0.2) is 0 Å². The maximum atomic E-state index is 13.4. The van der Waals surface area contributed by atoms with Crippen LogP contribution in [0, 0.1) is 6.92 Å². The molecule has 0 aliphatic carbocycles. The summed E-state index contributed by atoms with van der Waals surface area (Å²) in [6.07, 6.45) is 11.1. The maximum absolute atomic E-state index is 13.4. The summed E-state index contributed by atoms with van der Waals surface area (Å²) in [6, 6.07) is 66.9. The number of para-hydroxylation sites is 1. The van der Waals surface area contributed by atoms with E-state index in [1.165, 1.54) is 28.4 Å². The first-order valence-electron chi connectivity index (χ1n) is 36.3. The molecule has 5 aromatic carbocycles. The second-order valence-corrected chi connectivity index (χ2v) is 27.9. The van der Waals surface area contributed by atoms with Gasteiger partial charge in [-0.3, -0.25) is 58.8 Å². The molecular formula is C85H82N17O7RuS2+3. The standard InChI is InChI=1S/C65H65N13O7S2.2C10H8N2.Ru/c1-5-76(6-2)49-21-25-52-56(37-49)77(48-11-8-7-9-12-48)55-36-46(18-24-51(55)71-52)74-73-45-16-19-47(20-17-45)75(4)32-10-13-57(79)70-38-59(81)72-60-63(83)78-61(65(84)85)44(40-87-64(60)78)39-86-50-22-14-42(15-23-50)34-58(80)68-30-31-69-62(82)43-27-29-67-54(35-43)53-33-41(3)26-28-66-53;2*1-3-7-11-9(5-1)10-6-2-4-8-12-10;/h7-9,11-12,14-29,33,35-37,60,64H,5-6,10,13,30-32,34,38-40H2,1-4H3,(H4-,68,69,70,72,79,80,81,82,84,85);2*1-8H;/q;;;+2/p+1. The number of carbonyl (C=O) groups is 6. The van der Waals surface area contributed by atoms with Gasteiger partial charge in [-0.1, -0.05) is 54.6 Å². The number of hydrogen-bond acceptors (Lipinski definition) is 19. The van der Waals surface area contributed by atoms with E-state index in [2.05, 4.69) is 115 Å². The first-order valence-corrected chi connectivity index (χ1v) is 38.3. The number of aliphatic carboxylic acids is 1. The van der Waals surface area contributed by atoms with E-state index in [-0.39, 0.29) is 75.4 Å². The third-order valence-electron chi connectivity index (χ3n) is 18.1. The fraction of sp³-hybridized carbons (Fsp3) is 0.200. The number of aryl methyl sites for hydroxylation is 1. The van der Waals surface area contributed by atoms with Gasteiger partial charge < -0.3 is 36.2 Å². The molecule has 2 unspecified atom stereocenters. The van der Waals surface area contributed by atoms with Gasteiger partial charge in [-0.05, 0) is 177 Å². The molecule has 9 heterocycles. The van der Waals surface area contributed by atoms with E-state index in [4.69, 9.17) is 4.98 Å². The first kappa shape index (κ1) is 80.7. The molecule has 12 aromatic rings. The van der Waals surface area contributed by atoms with Crippen molar-refractivity contribution in [2.45, 2.75) is 56.3 Å². The number of carbonyl (C=O) groups excluding carboxylic acids is 5. The normalized spacial score (nSPS) is 13.4. The van der Waals surface area contributed by atoms with Crippen molar-refractivity contribution in [1.82, 2.24) is 61.1 Å². The van der Waals surface area contributed by atoms with Crippen LogP contribution in [0.15, 0.2) is 276 Å². The summed E-state index contributed by atoms with van der Waals surface area (Å²) >= 11 is 2.78. The zero-order valence-corrected chi connectivity index (χ0v) is 65.4. The van der Waals surface area contributed by atoms with Gasteiger partial charge in [0.25, 0.3) is 11.8 Å². The summed E-state index contributed by atoms with van der Waals surface area (Å²) in [5.74, 6) is -2.51. The Morgan fingerprint density at radius 3 is 1.76 bits per heavy atom. The molecule has 112 heavy (non-hydrogen) atoms. The van der Waals surface area contributed by atoms with Gasteiger partial charge in [0.1, 0.15) is 28.1 Å². The van der Waals surface area contributed by atoms with Crippen LogP contribution < -0.4 is 35.6 Å². The van der Waals surface area contributed by atoms with Crippen molar-refractivity contribution in [3.8, 4) is 39.9 Å². The molecule has 1 fully saturated rings. The van der Waals surface area contributed by atoms with E-state index < -0.39 is 29.2 Å². The molecule has 14 rings (SSSR count). The van der Waals surface area contributed by atoms with Gasteiger partial charge in [-0.15, -0.1) is 28.1 Å². The molecule has 5 amide bonds. The molecule has 0 spiro atoms. The Balaban J connectivity index is 0.000000417. The Bertz CT molecular complexity index is 5150. The second kappa shape index (κ2) is 39.9. The molecular weight excluding hydrogens is 1540 g/mol. The van der Waals surface area contributed by atoms with E-state index in [0.717, 1.165) is 91.0 Å². The first-order chi connectivity index (χ1) is 54.2. The SMILES string of the molecule is CCN(CC)c1ccc2nc3ccc(N=Nc4ccc(N(C)CCCC(=O)NCC(=O)NC5C(=O)N6C(C(=O)O)=C(CSc7ccc(CC(=O)NCCNC(=O)c8ccnc(-c9cc(C)ccn9)c8)cc7)CSC56)cc4)cc3[n+](-c3ccccc3)c2c1.[Ru+2].c1ccc(-c2ccccn2)nc1.c1ccc(-c2ccccn2)nc1. The number of fused-ring (bicyclic) bond motifs is 3. The number of rotatable bonds is 27. The van der Waals surface area contributed by atoms with Crippen LogP contribution in [0.25, 0.3) is 61.9 Å². The van der Waals surface area contributed by atoms with Crippen LogP contribution in [0.4, 0.5) is 22.7 Å². The predicted molar refractivity (Wildman–Crippen MR) is 434 cm³/mol. The van der Waals surface area contributed by atoms with Gasteiger partial charge in [0.05, 0.1) is 58.5 Å². The number of hydrogen-bond donors (Lipinski definition) is 5. The molecule has 5 N–H and O–H groups in total. The monoisotopic (exact) mass is 1620 g/mol. The van der Waals surface area contributed by atoms with Crippen LogP contribution in [-0.4, -0.2) is 150 Å². The third kappa shape index (κ3) is 21.4. The van der Waals surface area contributed by atoms with Crippen molar-refractivity contribution in [2.24, 2.45) is 10.2 Å². The molecule has 2 atom stereocenters. The number of aromatic nitrogens is 8. The third-order valence-corrected chi connectivity index (χ3v) is 20.5. The van der Waals surface area contributed by atoms with Crippen molar-refractivity contribution in [3.63, 3.8) is 0 Å². The van der Waals surface area contributed by atoms with Crippen molar-refractivity contribution in [1.29, 1.82) is 0 Å². The van der Waals surface area contributed by atoms with Gasteiger partial charge in [-0.2, -0.15) is 10.2 Å². The predicted octanol–water partition coefficient (Wildman–Crippen LogP) is 12.9. The van der Waals surface area contributed by atoms with Crippen LogP contribution in [0.5, 0.6) is 0 Å². The Hall–Kier alpha value is -12.3. The van der Waals surface area contributed by atoms with E-state index in [1.807, 2.05) is 189 Å². The molecule has 0 saturated carbocycles. The van der Waals surface area contributed by atoms with Gasteiger partial charge in [0, 0.05) is 141 Å². The zero-order valence-electron chi connectivity index (χ0n) is 62.0. The minimum atomic E-state index is -1.24. The van der Waals surface area contributed by atoms with Crippen LogP contribution in [-0.2, 0) is 49.9 Å².